The summed E-state index contributed by atoms with van der Waals surface area (Å²) >= 11 is 0. The molecule has 0 unspecified atom stereocenters. The average Bonchev–Trinajstić information content (AvgIpc) is 3.21. The Hall–Kier alpha value is -2.13. The van der Waals surface area contributed by atoms with E-state index in [-0.39, 0.29) is 6.10 Å². The molecule has 0 radical (unpaired) electrons. The molecule has 3 aromatic rings. The minimum Gasteiger partial charge on any atom is -0.370 e. The lowest BCUT2D eigenvalue weighted by Gasteiger charge is -2.13. The van der Waals surface area contributed by atoms with Crippen molar-refractivity contribution in [2.24, 2.45) is 0 Å². The third kappa shape index (κ3) is 2.53. The van der Waals surface area contributed by atoms with Crippen molar-refractivity contribution in [3.8, 4) is 0 Å². The molecule has 0 spiro atoms. The summed E-state index contributed by atoms with van der Waals surface area (Å²) in [5.74, 6) is 1.09. The van der Waals surface area contributed by atoms with Crippen molar-refractivity contribution >= 4 is 11.0 Å². The smallest absolute Gasteiger partial charge is 0.139 e. The summed E-state index contributed by atoms with van der Waals surface area (Å²) in [4.78, 5) is 4.84. The molecular formula is C19H20N2O. The number of aromatic nitrogens is 2. The molecule has 0 bridgehead atoms. The minimum absolute atomic E-state index is 0.156. The van der Waals surface area contributed by atoms with Crippen LogP contribution in [-0.4, -0.2) is 16.2 Å². The Morgan fingerprint density at radius 2 is 1.86 bits per heavy atom. The summed E-state index contributed by atoms with van der Waals surface area (Å²) < 4.78 is 8.22. The van der Waals surface area contributed by atoms with Crippen LogP contribution >= 0.6 is 0 Å². The van der Waals surface area contributed by atoms with Gasteiger partial charge in [0.2, 0.25) is 0 Å². The monoisotopic (exact) mass is 292 g/mol. The molecule has 112 valence electrons. The zero-order valence-corrected chi connectivity index (χ0v) is 12.6. The van der Waals surface area contributed by atoms with Crippen molar-refractivity contribution in [3.05, 3.63) is 66.0 Å². The number of nitrogens with zero attached hydrogens (tertiary/aromatic N) is 2. The molecule has 3 heteroatoms. The minimum atomic E-state index is 0.156. The van der Waals surface area contributed by atoms with E-state index in [1.165, 1.54) is 11.1 Å². The van der Waals surface area contributed by atoms with Crippen LogP contribution in [-0.2, 0) is 17.7 Å². The van der Waals surface area contributed by atoms with Crippen LogP contribution in [0.4, 0.5) is 0 Å². The predicted molar refractivity (Wildman–Crippen MR) is 87.8 cm³/mol. The molecule has 0 aliphatic carbocycles. The number of benzene rings is 2. The molecule has 0 saturated carbocycles. The van der Waals surface area contributed by atoms with Gasteiger partial charge in [-0.2, -0.15) is 0 Å². The lowest BCUT2D eigenvalue weighted by molar-refractivity contribution is 0.102. The number of ether oxygens (including phenoxy) is 1. The molecule has 4 rings (SSSR count). The largest absolute Gasteiger partial charge is 0.370 e. The third-order valence-electron chi connectivity index (χ3n) is 4.37. The Labute approximate surface area is 130 Å². The number of imidazole rings is 1. The van der Waals surface area contributed by atoms with Gasteiger partial charge in [0, 0.05) is 13.2 Å². The van der Waals surface area contributed by atoms with Crippen LogP contribution in [0.2, 0.25) is 0 Å². The molecule has 2 heterocycles. The summed E-state index contributed by atoms with van der Waals surface area (Å²) in [7, 11) is 0. The van der Waals surface area contributed by atoms with Gasteiger partial charge >= 0.3 is 0 Å². The maximum Gasteiger partial charge on any atom is 0.139 e. The second-order valence-corrected chi connectivity index (χ2v) is 5.85. The van der Waals surface area contributed by atoms with Gasteiger partial charge in [-0.3, -0.25) is 0 Å². The average molecular weight is 292 g/mol. The van der Waals surface area contributed by atoms with Crippen LogP contribution in [0.25, 0.3) is 11.0 Å². The van der Waals surface area contributed by atoms with E-state index >= 15 is 0 Å². The lowest BCUT2D eigenvalue weighted by Crippen LogP contribution is -2.10. The van der Waals surface area contributed by atoms with E-state index in [1.54, 1.807) is 0 Å². The molecule has 1 aromatic heterocycles. The maximum atomic E-state index is 5.88. The van der Waals surface area contributed by atoms with Gasteiger partial charge in [-0.1, -0.05) is 42.5 Å². The van der Waals surface area contributed by atoms with Gasteiger partial charge in [-0.05, 0) is 37.0 Å². The van der Waals surface area contributed by atoms with E-state index in [4.69, 9.17) is 9.72 Å². The van der Waals surface area contributed by atoms with Crippen molar-refractivity contribution < 1.29 is 4.74 Å². The van der Waals surface area contributed by atoms with E-state index in [9.17, 15) is 0 Å². The molecule has 3 nitrogen and oxygen atoms in total. The first-order valence-corrected chi connectivity index (χ1v) is 8.02. The zero-order chi connectivity index (χ0) is 14.8. The van der Waals surface area contributed by atoms with Crippen molar-refractivity contribution in [3.63, 3.8) is 0 Å². The van der Waals surface area contributed by atoms with Crippen LogP contribution in [0.5, 0.6) is 0 Å². The third-order valence-corrected chi connectivity index (χ3v) is 4.37. The first-order chi connectivity index (χ1) is 10.9. The topological polar surface area (TPSA) is 27.1 Å². The van der Waals surface area contributed by atoms with Gasteiger partial charge in [-0.25, -0.2) is 4.98 Å². The Morgan fingerprint density at radius 3 is 2.68 bits per heavy atom. The standard InChI is InChI=1S/C19H20N2O/c1-2-7-15(8-3-1)12-13-21-17-10-5-4-9-16(17)20-19(21)18-11-6-14-22-18/h1-5,7-10,18H,6,11-14H2/t18-/m0/s1. The molecule has 1 atom stereocenters. The molecule has 0 amide bonds. The van der Waals surface area contributed by atoms with Crippen LogP contribution in [0.3, 0.4) is 0 Å². The molecule has 1 fully saturated rings. The Kier molecular flexibility index (Phi) is 3.65. The summed E-state index contributed by atoms with van der Waals surface area (Å²) in [5.41, 5.74) is 3.64. The fraction of sp³-hybridized carbons (Fsp3) is 0.316. The van der Waals surface area contributed by atoms with E-state index < -0.39 is 0 Å². The van der Waals surface area contributed by atoms with Gasteiger partial charge in [0.25, 0.3) is 0 Å². The first-order valence-electron chi connectivity index (χ1n) is 8.02. The van der Waals surface area contributed by atoms with E-state index in [0.717, 1.165) is 43.8 Å². The van der Waals surface area contributed by atoms with Crippen molar-refractivity contribution in [2.75, 3.05) is 6.61 Å². The van der Waals surface area contributed by atoms with E-state index in [0.29, 0.717) is 0 Å². The quantitative estimate of drug-likeness (QED) is 0.723. The molecule has 0 N–H and O–H groups in total. The Morgan fingerprint density at radius 1 is 1.05 bits per heavy atom. The van der Waals surface area contributed by atoms with Crippen molar-refractivity contribution in [1.29, 1.82) is 0 Å². The van der Waals surface area contributed by atoms with Gasteiger partial charge in [0.05, 0.1) is 11.0 Å². The number of hydrogen-bond acceptors (Lipinski definition) is 2. The molecule has 1 saturated heterocycles. The first kappa shape index (κ1) is 13.5. The number of para-hydroxylation sites is 2. The summed E-state index contributed by atoms with van der Waals surface area (Å²) in [5, 5.41) is 0. The van der Waals surface area contributed by atoms with Crippen molar-refractivity contribution in [1.82, 2.24) is 9.55 Å². The predicted octanol–water partition coefficient (Wildman–Crippen LogP) is 4.13. The van der Waals surface area contributed by atoms with Crippen molar-refractivity contribution in [2.45, 2.75) is 31.9 Å². The highest BCUT2D eigenvalue weighted by Crippen LogP contribution is 2.30. The van der Waals surface area contributed by atoms with E-state index in [1.807, 2.05) is 0 Å². The van der Waals surface area contributed by atoms with Gasteiger partial charge in [0.1, 0.15) is 11.9 Å². The number of aryl methyl sites for hydroxylation is 2. The highest BCUT2D eigenvalue weighted by Gasteiger charge is 2.24. The number of hydrogen-bond donors (Lipinski definition) is 0. The van der Waals surface area contributed by atoms with Crippen LogP contribution in [0.1, 0.15) is 30.3 Å². The van der Waals surface area contributed by atoms with Gasteiger partial charge in [0.15, 0.2) is 0 Å². The van der Waals surface area contributed by atoms with Crippen LogP contribution in [0.15, 0.2) is 54.6 Å². The molecular weight excluding hydrogens is 272 g/mol. The zero-order valence-electron chi connectivity index (χ0n) is 12.6. The second kappa shape index (κ2) is 5.93. The fourth-order valence-electron chi connectivity index (χ4n) is 3.24. The summed E-state index contributed by atoms with van der Waals surface area (Å²) in [6.45, 7) is 1.80. The molecule has 1 aliphatic rings. The van der Waals surface area contributed by atoms with Crippen LogP contribution in [0, 0.1) is 0 Å². The fourth-order valence-corrected chi connectivity index (χ4v) is 3.24. The van der Waals surface area contributed by atoms with Crippen LogP contribution < -0.4 is 0 Å². The summed E-state index contributed by atoms with van der Waals surface area (Å²) in [6.07, 6.45) is 3.38. The number of rotatable bonds is 4. The normalized spacial score (nSPS) is 18.1. The molecule has 22 heavy (non-hydrogen) atoms. The summed E-state index contributed by atoms with van der Waals surface area (Å²) in [6, 6.07) is 19.0. The van der Waals surface area contributed by atoms with Gasteiger partial charge < -0.3 is 9.30 Å². The second-order valence-electron chi connectivity index (χ2n) is 5.85. The van der Waals surface area contributed by atoms with Gasteiger partial charge in [-0.15, -0.1) is 0 Å². The molecule has 2 aromatic carbocycles. The Balaban J connectivity index is 1.69. The SMILES string of the molecule is c1ccc(CCn2c([C@@H]3CCCO3)nc3ccccc32)cc1. The maximum absolute atomic E-state index is 5.88. The lowest BCUT2D eigenvalue weighted by atomic mass is 10.1. The highest BCUT2D eigenvalue weighted by atomic mass is 16.5. The Bertz CT molecular complexity index is 757. The molecule has 1 aliphatic heterocycles. The number of fused-ring (bicyclic) bond motifs is 1. The highest BCUT2D eigenvalue weighted by molar-refractivity contribution is 5.76. The van der Waals surface area contributed by atoms with E-state index in [2.05, 4.69) is 59.2 Å².